The molecule has 0 aromatic carbocycles. The minimum absolute atomic E-state index is 0.857. The van der Waals surface area contributed by atoms with Crippen molar-refractivity contribution in [2.45, 2.75) is 26.8 Å². The van der Waals surface area contributed by atoms with Gasteiger partial charge in [-0.1, -0.05) is 0 Å². The first-order valence-electron chi connectivity index (χ1n) is 5.52. The Bertz CT molecular complexity index is 433. The Balaban J connectivity index is 2.20. The number of hydrogen-bond acceptors (Lipinski definition) is 4. The average molecular weight is 236 g/mol. The van der Waals surface area contributed by atoms with Gasteiger partial charge in [-0.3, -0.25) is 4.57 Å². The molecule has 0 saturated heterocycles. The normalized spacial score (nSPS) is 10.6. The number of hydrogen-bond donors (Lipinski definition) is 1. The molecule has 0 unspecified atom stereocenters. The van der Waals surface area contributed by atoms with Crippen molar-refractivity contribution in [2.24, 2.45) is 0 Å². The molecule has 0 aliphatic heterocycles. The van der Waals surface area contributed by atoms with Crippen molar-refractivity contribution < 1.29 is 0 Å². The van der Waals surface area contributed by atoms with E-state index >= 15 is 0 Å². The Kier molecular flexibility index (Phi) is 3.56. The minimum Gasteiger partial charge on any atom is -0.355 e. The van der Waals surface area contributed by atoms with Gasteiger partial charge in [-0.05, 0) is 36.2 Å². The number of nitrogens with one attached hydrogen (secondary N) is 1. The van der Waals surface area contributed by atoms with Crippen LogP contribution in [-0.4, -0.2) is 21.3 Å². The van der Waals surface area contributed by atoms with Crippen molar-refractivity contribution in [3.63, 3.8) is 0 Å². The Hall–Kier alpha value is -1.36. The van der Waals surface area contributed by atoms with Gasteiger partial charge in [0.1, 0.15) is 5.82 Å². The van der Waals surface area contributed by atoms with Crippen LogP contribution >= 0.6 is 11.3 Å². The molecule has 0 saturated carbocycles. The van der Waals surface area contributed by atoms with E-state index in [1.165, 1.54) is 5.56 Å². The highest BCUT2D eigenvalue weighted by atomic mass is 32.1. The van der Waals surface area contributed by atoms with Crippen LogP contribution < -0.4 is 5.32 Å². The van der Waals surface area contributed by atoms with Gasteiger partial charge < -0.3 is 5.32 Å². The summed E-state index contributed by atoms with van der Waals surface area (Å²) < 4.78 is 2.13. The van der Waals surface area contributed by atoms with Gasteiger partial charge in [0, 0.05) is 19.5 Å². The second-order valence-corrected chi connectivity index (χ2v) is 4.30. The van der Waals surface area contributed by atoms with Crippen LogP contribution in [0.15, 0.2) is 16.8 Å². The summed E-state index contributed by atoms with van der Waals surface area (Å²) in [5.74, 6) is 1.90. The van der Waals surface area contributed by atoms with Crippen LogP contribution in [0.1, 0.15) is 25.2 Å². The van der Waals surface area contributed by atoms with Crippen molar-refractivity contribution in [3.05, 3.63) is 28.2 Å². The predicted molar refractivity (Wildman–Crippen MR) is 67.0 cm³/mol. The van der Waals surface area contributed by atoms with E-state index < -0.39 is 0 Å². The number of nitrogens with zero attached hydrogens (tertiary/aromatic N) is 3. The zero-order valence-corrected chi connectivity index (χ0v) is 10.4. The third-order valence-electron chi connectivity index (χ3n) is 2.42. The first-order chi connectivity index (χ1) is 7.85. The Morgan fingerprint density at radius 2 is 2.25 bits per heavy atom. The molecule has 0 bridgehead atoms. The minimum atomic E-state index is 0.857. The summed E-state index contributed by atoms with van der Waals surface area (Å²) in [6.07, 6.45) is 0.857. The summed E-state index contributed by atoms with van der Waals surface area (Å²) in [5.41, 5.74) is 1.30. The molecule has 0 aliphatic carbocycles. The van der Waals surface area contributed by atoms with E-state index in [9.17, 15) is 0 Å². The molecule has 2 aromatic heterocycles. The number of rotatable bonds is 5. The summed E-state index contributed by atoms with van der Waals surface area (Å²) in [6.45, 7) is 5.94. The van der Waals surface area contributed by atoms with Gasteiger partial charge in [0.2, 0.25) is 5.95 Å². The highest BCUT2D eigenvalue weighted by Gasteiger charge is 2.10. The van der Waals surface area contributed by atoms with Gasteiger partial charge in [-0.25, -0.2) is 0 Å². The molecule has 2 aromatic rings. The molecular weight excluding hydrogens is 220 g/mol. The summed E-state index contributed by atoms with van der Waals surface area (Å²) in [4.78, 5) is 0. The quantitative estimate of drug-likeness (QED) is 0.866. The zero-order valence-electron chi connectivity index (χ0n) is 9.60. The van der Waals surface area contributed by atoms with Gasteiger partial charge in [0.05, 0.1) is 0 Å². The molecule has 0 spiro atoms. The van der Waals surface area contributed by atoms with Gasteiger partial charge >= 0.3 is 0 Å². The summed E-state index contributed by atoms with van der Waals surface area (Å²) in [7, 11) is 0. The zero-order chi connectivity index (χ0) is 11.4. The number of anilines is 1. The van der Waals surface area contributed by atoms with E-state index in [0.717, 1.165) is 31.3 Å². The summed E-state index contributed by atoms with van der Waals surface area (Å²) >= 11 is 1.72. The van der Waals surface area contributed by atoms with Crippen molar-refractivity contribution in [2.75, 3.05) is 11.9 Å². The van der Waals surface area contributed by atoms with Crippen molar-refractivity contribution in [1.82, 2.24) is 14.8 Å². The third kappa shape index (κ3) is 2.24. The molecule has 2 heterocycles. The van der Waals surface area contributed by atoms with Crippen molar-refractivity contribution in [1.29, 1.82) is 0 Å². The Morgan fingerprint density at radius 3 is 2.88 bits per heavy atom. The van der Waals surface area contributed by atoms with Crippen LogP contribution in [0, 0.1) is 0 Å². The SMILES string of the molecule is CCNc1nnc(Cc2ccsc2)n1CC. The van der Waals surface area contributed by atoms with Crippen LogP contribution in [0.25, 0.3) is 0 Å². The number of aromatic nitrogens is 3. The van der Waals surface area contributed by atoms with Crippen LogP contribution in [0.2, 0.25) is 0 Å². The number of thiophene rings is 1. The second kappa shape index (κ2) is 5.12. The molecule has 2 rings (SSSR count). The Labute approximate surface area is 99.3 Å². The largest absolute Gasteiger partial charge is 0.355 e. The smallest absolute Gasteiger partial charge is 0.224 e. The first-order valence-corrected chi connectivity index (χ1v) is 6.46. The van der Waals surface area contributed by atoms with E-state index in [1.807, 2.05) is 0 Å². The topological polar surface area (TPSA) is 42.7 Å². The third-order valence-corrected chi connectivity index (χ3v) is 3.15. The Morgan fingerprint density at radius 1 is 1.38 bits per heavy atom. The van der Waals surface area contributed by atoms with Gasteiger partial charge in [-0.2, -0.15) is 11.3 Å². The fourth-order valence-electron chi connectivity index (χ4n) is 1.66. The van der Waals surface area contributed by atoms with Gasteiger partial charge in [0.15, 0.2) is 0 Å². The van der Waals surface area contributed by atoms with E-state index in [2.05, 4.69) is 50.8 Å². The van der Waals surface area contributed by atoms with Gasteiger partial charge in [-0.15, -0.1) is 10.2 Å². The summed E-state index contributed by atoms with van der Waals surface area (Å²) in [5, 5.41) is 15.9. The van der Waals surface area contributed by atoms with Crippen molar-refractivity contribution >= 4 is 17.3 Å². The monoisotopic (exact) mass is 236 g/mol. The molecule has 0 radical (unpaired) electrons. The molecule has 0 amide bonds. The lowest BCUT2D eigenvalue weighted by Gasteiger charge is -2.07. The van der Waals surface area contributed by atoms with E-state index in [-0.39, 0.29) is 0 Å². The van der Waals surface area contributed by atoms with Crippen LogP contribution in [0.5, 0.6) is 0 Å². The molecule has 5 heteroatoms. The highest BCUT2D eigenvalue weighted by molar-refractivity contribution is 7.07. The standard InChI is InChI=1S/C11H16N4S/c1-3-12-11-14-13-10(15(11)4-2)7-9-5-6-16-8-9/h5-6,8H,3-4,7H2,1-2H3,(H,12,14). The maximum absolute atomic E-state index is 4.24. The van der Waals surface area contributed by atoms with Gasteiger partial charge in [0.25, 0.3) is 0 Å². The lowest BCUT2D eigenvalue weighted by molar-refractivity contribution is 0.716. The molecule has 4 nitrogen and oxygen atoms in total. The average Bonchev–Trinajstić information content (AvgIpc) is 2.90. The van der Waals surface area contributed by atoms with Crippen LogP contribution in [0.3, 0.4) is 0 Å². The van der Waals surface area contributed by atoms with E-state index in [1.54, 1.807) is 11.3 Å². The molecule has 0 fully saturated rings. The maximum atomic E-state index is 4.24. The molecule has 0 atom stereocenters. The first kappa shape index (κ1) is 11.1. The highest BCUT2D eigenvalue weighted by Crippen LogP contribution is 2.14. The van der Waals surface area contributed by atoms with E-state index in [0.29, 0.717) is 0 Å². The molecule has 1 N–H and O–H groups in total. The maximum Gasteiger partial charge on any atom is 0.224 e. The molecule has 86 valence electrons. The lowest BCUT2D eigenvalue weighted by Crippen LogP contribution is -2.08. The fourth-order valence-corrected chi connectivity index (χ4v) is 2.33. The molecular formula is C11H16N4S. The second-order valence-electron chi connectivity index (χ2n) is 3.52. The van der Waals surface area contributed by atoms with Crippen LogP contribution in [0.4, 0.5) is 5.95 Å². The van der Waals surface area contributed by atoms with Crippen molar-refractivity contribution in [3.8, 4) is 0 Å². The lowest BCUT2D eigenvalue weighted by atomic mass is 10.2. The molecule has 0 aliphatic rings. The van der Waals surface area contributed by atoms with Crippen LogP contribution in [-0.2, 0) is 13.0 Å². The summed E-state index contributed by atoms with van der Waals surface area (Å²) in [6, 6.07) is 2.13. The fraction of sp³-hybridized carbons (Fsp3) is 0.455. The van der Waals surface area contributed by atoms with E-state index in [4.69, 9.17) is 0 Å². The predicted octanol–water partition coefficient (Wildman–Crippen LogP) is 2.38. The molecule has 16 heavy (non-hydrogen) atoms.